The zero-order valence-electron chi connectivity index (χ0n) is 9.72. The molecular formula is C15H11NOS. The molecule has 2 heterocycles. The van der Waals surface area contributed by atoms with Crippen molar-refractivity contribution >= 4 is 18.0 Å². The molecule has 0 atom stereocenters. The molecule has 4 aliphatic rings. The van der Waals surface area contributed by atoms with Crippen LogP contribution in [0.4, 0.5) is 0 Å². The Morgan fingerprint density at radius 1 is 1.22 bits per heavy atom. The van der Waals surface area contributed by atoms with Gasteiger partial charge in [0, 0.05) is 28.7 Å². The van der Waals surface area contributed by atoms with Gasteiger partial charge in [-0.05, 0) is 22.6 Å². The van der Waals surface area contributed by atoms with Crippen molar-refractivity contribution in [2.75, 3.05) is 6.73 Å². The zero-order valence-corrected chi connectivity index (χ0v) is 10.5. The average molecular weight is 253 g/mol. The van der Waals surface area contributed by atoms with Crippen LogP contribution >= 0.6 is 11.8 Å². The Kier molecular flexibility index (Phi) is 2.20. The fourth-order valence-electron chi connectivity index (χ4n) is 2.60. The lowest BCUT2D eigenvalue weighted by atomic mass is 10.0. The summed E-state index contributed by atoms with van der Waals surface area (Å²) < 4.78 is 5.76. The van der Waals surface area contributed by atoms with Crippen molar-refractivity contribution in [2.45, 2.75) is 6.42 Å². The summed E-state index contributed by atoms with van der Waals surface area (Å²) in [4.78, 5) is 5.55. The molecule has 0 radical (unpaired) electrons. The van der Waals surface area contributed by atoms with Crippen LogP contribution in [0.1, 0.15) is 6.42 Å². The van der Waals surface area contributed by atoms with Gasteiger partial charge in [-0.25, -0.2) is 0 Å². The van der Waals surface area contributed by atoms with Crippen LogP contribution < -0.4 is 0 Å². The largest absolute Gasteiger partial charge is 0.470 e. The summed E-state index contributed by atoms with van der Waals surface area (Å²) in [6.07, 6.45) is 13.5. The smallest absolute Gasteiger partial charge is 0.179 e. The second-order valence-electron chi connectivity index (χ2n) is 4.43. The minimum absolute atomic E-state index is 0.434. The second kappa shape index (κ2) is 3.89. The predicted molar refractivity (Wildman–Crippen MR) is 75.2 cm³/mol. The van der Waals surface area contributed by atoms with Gasteiger partial charge in [-0.1, -0.05) is 36.1 Å². The topological polar surface area (TPSA) is 21.6 Å². The fraction of sp³-hybridized carbons (Fsp3) is 0.133. The Balaban J connectivity index is 1.94. The molecule has 88 valence electrons. The standard InChI is InChI=1S/C15H11NOS/c1-3-11-8-16-9-17-14(11)13-7-10-4-2-6-18-15(10)12(13)5-1/h1-6,8H,7,9H2. The molecule has 0 bridgehead atoms. The first kappa shape index (κ1) is 10.2. The number of ether oxygens (including phenoxy) is 1. The molecule has 0 saturated carbocycles. The van der Waals surface area contributed by atoms with Gasteiger partial charge in [-0.2, -0.15) is 0 Å². The lowest BCUT2D eigenvalue weighted by Gasteiger charge is -2.16. The van der Waals surface area contributed by atoms with Crippen LogP contribution in [0.3, 0.4) is 0 Å². The molecule has 0 fully saturated rings. The van der Waals surface area contributed by atoms with Crippen LogP contribution in [-0.4, -0.2) is 12.9 Å². The van der Waals surface area contributed by atoms with Gasteiger partial charge in [0.05, 0.1) is 0 Å². The third-order valence-corrected chi connectivity index (χ3v) is 4.39. The summed E-state index contributed by atoms with van der Waals surface area (Å²) in [5.41, 5.74) is 5.10. The summed E-state index contributed by atoms with van der Waals surface area (Å²) in [5.74, 6) is 1.01. The molecule has 0 N–H and O–H groups in total. The summed E-state index contributed by atoms with van der Waals surface area (Å²) in [6.45, 7) is 0.434. The van der Waals surface area contributed by atoms with E-state index < -0.39 is 0 Å². The molecule has 0 spiro atoms. The first-order valence-electron chi connectivity index (χ1n) is 5.95. The Bertz CT molecular complexity index is 641. The molecule has 2 aliphatic carbocycles. The van der Waals surface area contributed by atoms with Gasteiger partial charge in [-0.15, -0.1) is 0 Å². The first-order chi connectivity index (χ1) is 8.93. The van der Waals surface area contributed by atoms with Crippen molar-refractivity contribution in [2.24, 2.45) is 4.99 Å². The molecule has 0 unspecified atom stereocenters. The Labute approximate surface area is 110 Å². The van der Waals surface area contributed by atoms with Crippen molar-refractivity contribution in [1.29, 1.82) is 0 Å². The van der Waals surface area contributed by atoms with E-state index in [2.05, 4.69) is 40.8 Å². The number of thioether (sulfide) groups is 1. The van der Waals surface area contributed by atoms with Gasteiger partial charge < -0.3 is 4.74 Å². The van der Waals surface area contributed by atoms with E-state index in [0.717, 1.165) is 17.8 Å². The molecule has 0 saturated heterocycles. The SMILES string of the molecule is C1=CSC2=C3C=CC=C4C=NCOC4=C3CC2=C1. The molecule has 0 aromatic carbocycles. The number of allylic oxidation sites excluding steroid dienone is 9. The number of hydrogen-bond donors (Lipinski definition) is 0. The number of aliphatic imine (C=N–C) groups is 1. The lowest BCUT2D eigenvalue weighted by molar-refractivity contribution is 0.225. The van der Waals surface area contributed by atoms with Crippen molar-refractivity contribution < 1.29 is 4.74 Å². The summed E-state index contributed by atoms with van der Waals surface area (Å²) >= 11 is 1.80. The number of nitrogens with zero attached hydrogens (tertiary/aromatic N) is 1. The molecule has 3 heteroatoms. The lowest BCUT2D eigenvalue weighted by Crippen LogP contribution is -2.07. The molecule has 0 amide bonds. The van der Waals surface area contributed by atoms with Gasteiger partial charge in [0.1, 0.15) is 5.76 Å². The highest BCUT2D eigenvalue weighted by molar-refractivity contribution is 8.06. The number of fused-ring (bicyclic) bond motifs is 3. The summed E-state index contributed by atoms with van der Waals surface area (Å²) in [7, 11) is 0. The van der Waals surface area contributed by atoms with Crippen molar-refractivity contribution in [3.8, 4) is 0 Å². The van der Waals surface area contributed by atoms with E-state index >= 15 is 0 Å². The maximum atomic E-state index is 5.76. The second-order valence-corrected chi connectivity index (χ2v) is 5.35. The normalized spacial score (nSPS) is 24.0. The highest BCUT2D eigenvalue weighted by atomic mass is 32.2. The zero-order chi connectivity index (χ0) is 11.9. The molecule has 4 rings (SSSR count). The van der Waals surface area contributed by atoms with E-state index in [4.69, 9.17) is 4.74 Å². The van der Waals surface area contributed by atoms with E-state index in [1.54, 1.807) is 11.8 Å². The van der Waals surface area contributed by atoms with E-state index in [1.807, 2.05) is 6.21 Å². The Morgan fingerprint density at radius 3 is 3.22 bits per heavy atom. The predicted octanol–water partition coefficient (Wildman–Crippen LogP) is 3.64. The maximum absolute atomic E-state index is 5.76. The molecular weight excluding hydrogens is 242 g/mol. The Hall–Kier alpha value is -1.74. The highest BCUT2D eigenvalue weighted by Crippen LogP contribution is 2.47. The van der Waals surface area contributed by atoms with Crippen LogP contribution in [0.2, 0.25) is 0 Å². The van der Waals surface area contributed by atoms with E-state index in [-0.39, 0.29) is 0 Å². The van der Waals surface area contributed by atoms with Crippen molar-refractivity contribution in [3.63, 3.8) is 0 Å². The molecule has 0 aromatic heterocycles. The fourth-order valence-corrected chi connectivity index (χ4v) is 3.50. The first-order valence-corrected chi connectivity index (χ1v) is 6.83. The van der Waals surface area contributed by atoms with Gasteiger partial charge in [0.2, 0.25) is 0 Å². The van der Waals surface area contributed by atoms with Crippen molar-refractivity contribution in [3.05, 3.63) is 68.7 Å². The highest BCUT2D eigenvalue weighted by Gasteiger charge is 2.29. The minimum Gasteiger partial charge on any atom is -0.470 e. The maximum Gasteiger partial charge on any atom is 0.179 e. The minimum atomic E-state index is 0.434. The van der Waals surface area contributed by atoms with Crippen molar-refractivity contribution in [1.82, 2.24) is 0 Å². The average Bonchev–Trinajstić information content (AvgIpc) is 2.69. The summed E-state index contributed by atoms with van der Waals surface area (Å²) in [6, 6.07) is 0. The van der Waals surface area contributed by atoms with Crippen LogP contribution in [0, 0.1) is 0 Å². The third kappa shape index (κ3) is 1.40. The number of rotatable bonds is 0. The van der Waals surface area contributed by atoms with Crippen LogP contribution in [0.15, 0.2) is 73.7 Å². The molecule has 0 aromatic rings. The molecule has 2 nitrogen and oxygen atoms in total. The monoisotopic (exact) mass is 253 g/mol. The third-order valence-electron chi connectivity index (χ3n) is 3.38. The summed E-state index contributed by atoms with van der Waals surface area (Å²) in [5, 5.41) is 2.13. The van der Waals surface area contributed by atoms with E-state index in [9.17, 15) is 0 Å². The van der Waals surface area contributed by atoms with Gasteiger partial charge in [0.15, 0.2) is 6.73 Å². The van der Waals surface area contributed by atoms with Gasteiger partial charge >= 0.3 is 0 Å². The number of hydrogen-bond acceptors (Lipinski definition) is 3. The van der Waals surface area contributed by atoms with E-state index in [0.29, 0.717) is 6.73 Å². The quantitative estimate of drug-likeness (QED) is 0.657. The van der Waals surface area contributed by atoms with E-state index in [1.165, 1.54) is 21.6 Å². The van der Waals surface area contributed by atoms with Gasteiger partial charge in [0.25, 0.3) is 0 Å². The van der Waals surface area contributed by atoms with Crippen LogP contribution in [0.25, 0.3) is 0 Å². The molecule has 2 aliphatic heterocycles. The Morgan fingerprint density at radius 2 is 2.22 bits per heavy atom. The van der Waals surface area contributed by atoms with Gasteiger partial charge in [-0.3, -0.25) is 4.99 Å². The van der Waals surface area contributed by atoms with Crippen LogP contribution in [-0.2, 0) is 4.74 Å². The molecule has 18 heavy (non-hydrogen) atoms. The van der Waals surface area contributed by atoms with Crippen LogP contribution in [0.5, 0.6) is 0 Å².